The summed E-state index contributed by atoms with van der Waals surface area (Å²) in [4.78, 5) is 24.0. The molecular formula is C15H21Cl2F2N3O2S. The molecule has 2 amide bonds. The summed E-state index contributed by atoms with van der Waals surface area (Å²) in [5.74, 6) is -1.43. The molecule has 0 saturated heterocycles. The smallest absolute Gasteiger partial charge is 0.247 e. The lowest BCUT2D eigenvalue weighted by atomic mass is 10.1. The Kier molecular flexibility index (Phi) is 11.0. The molecule has 0 radical (unpaired) electrons. The number of nitrogens with one attached hydrogen (secondary N) is 2. The normalized spacial score (nSPS) is 11.8. The van der Waals surface area contributed by atoms with Gasteiger partial charge < -0.3 is 16.4 Å². The zero-order valence-electron chi connectivity index (χ0n) is 13.7. The van der Waals surface area contributed by atoms with Crippen molar-refractivity contribution >= 4 is 53.3 Å². The van der Waals surface area contributed by atoms with Gasteiger partial charge >= 0.3 is 0 Å². The summed E-state index contributed by atoms with van der Waals surface area (Å²) < 4.78 is 24.8. The first-order valence-corrected chi connectivity index (χ1v) is 8.61. The molecule has 0 aliphatic carbocycles. The van der Waals surface area contributed by atoms with Crippen molar-refractivity contribution in [3.05, 3.63) is 23.2 Å². The molecule has 10 heteroatoms. The van der Waals surface area contributed by atoms with E-state index in [1.165, 1.54) is 0 Å². The molecule has 0 unspecified atom stereocenters. The number of halogens is 4. The van der Waals surface area contributed by atoms with Gasteiger partial charge in [-0.2, -0.15) is 0 Å². The van der Waals surface area contributed by atoms with E-state index in [1.807, 2.05) is 0 Å². The SMILES string of the molecule is CC(C)[C@H](N)C(=O)NCC(=O)Nc1cccc(Cl)c1SCC(F)F.Cl. The second-order valence-corrected chi connectivity index (χ2v) is 6.79. The van der Waals surface area contributed by atoms with Crippen molar-refractivity contribution in [3.8, 4) is 0 Å². The first kappa shape index (κ1) is 23.9. The van der Waals surface area contributed by atoms with E-state index in [0.717, 1.165) is 11.8 Å². The molecule has 5 nitrogen and oxygen atoms in total. The minimum atomic E-state index is -2.49. The van der Waals surface area contributed by atoms with Crippen LogP contribution in [-0.2, 0) is 9.59 Å². The molecule has 25 heavy (non-hydrogen) atoms. The highest BCUT2D eigenvalue weighted by atomic mass is 35.5. The summed E-state index contributed by atoms with van der Waals surface area (Å²) in [7, 11) is 0. The Bertz CT molecular complexity index is 592. The molecule has 1 rings (SSSR count). The lowest BCUT2D eigenvalue weighted by molar-refractivity contribution is -0.125. The first-order chi connectivity index (χ1) is 11.2. The van der Waals surface area contributed by atoms with Gasteiger partial charge in [-0.3, -0.25) is 9.59 Å². The summed E-state index contributed by atoms with van der Waals surface area (Å²) in [6.45, 7) is 3.32. The fraction of sp³-hybridized carbons (Fsp3) is 0.467. The molecule has 0 heterocycles. The number of carbonyl (C=O) groups excluding carboxylic acids is 2. The van der Waals surface area contributed by atoms with E-state index >= 15 is 0 Å². The van der Waals surface area contributed by atoms with Crippen molar-refractivity contribution in [1.29, 1.82) is 0 Å². The Morgan fingerprint density at radius 1 is 1.32 bits per heavy atom. The van der Waals surface area contributed by atoms with Crippen LogP contribution in [0.5, 0.6) is 0 Å². The average Bonchev–Trinajstić information content (AvgIpc) is 2.50. The highest BCUT2D eigenvalue weighted by molar-refractivity contribution is 7.99. The molecule has 0 spiro atoms. The van der Waals surface area contributed by atoms with Crippen molar-refractivity contribution in [2.75, 3.05) is 17.6 Å². The lowest BCUT2D eigenvalue weighted by Crippen LogP contribution is -2.46. The molecule has 0 saturated carbocycles. The fourth-order valence-corrected chi connectivity index (χ4v) is 2.79. The van der Waals surface area contributed by atoms with Crippen LogP contribution in [-0.4, -0.2) is 36.6 Å². The predicted octanol–water partition coefficient (Wildman–Crippen LogP) is 3.16. The molecule has 1 aromatic carbocycles. The molecule has 0 aliphatic heterocycles. The Morgan fingerprint density at radius 2 is 1.96 bits per heavy atom. The number of hydrogen-bond acceptors (Lipinski definition) is 4. The standard InChI is InChI=1S/C15H20ClF2N3O2S.ClH/c1-8(2)13(19)15(23)20-6-12(22)21-10-5-3-4-9(16)14(10)24-7-11(17)18;/h3-5,8,11,13H,6-7,19H2,1-2H3,(H,20,23)(H,21,22);1H/t13-;/m0./s1. The maximum absolute atomic E-state index is 12.4. The molecular weight excluding hydrogens is 395 g/mol. The van der Waals surface area contributed by atoms with Crippen LogP contribution in [0.3, 0.4) is 0 Å². The Morgan fingerprint density at radius 3 is 2.52 bits per heavy atom. The van der Waals surface area contributed by atoms with E-state index in [-0.39, 0.29) is 29.9 Å². The summed E-state index contributed by atoms with van der Waals surface area (Å²) in [6, 6.07) is 3.99. The van der Waals surface area contributed by atoms with Crippen LogP contribution in [0.2, 0.25) is 5.02 Å². The topological polar surface area (TPSA) is 84.2 Å². The van der Waals surface area contributed by atoms with E-state index in [4.69, 9.17) is 17.3 Å². The van der Waals surface area contributed by atoms with Crippen LogP contribution in [0.15, 0.2) is 23.1 Å². The van der Waals surface area contributed by atoms with Gasteiger partial charge in [0.15, 0.2) is 0 Å². The van der Waals surface area contributed by atoms with Crippen LogP contribution in [0.25, 0.3) is 0 Å². The van der Waals surface area contributed by atoms with Gasteiger partial charge in [-0.25, -0.2) is 8.78 Å². The Hall–Kier alpha value is -1.09. The highest BCUT2D eigenvalue weighted by Gasteiger charge is 2.18. The van der Waals surface area contributed by atoms with E-state index < -0.39 is 30.0 Å². The zero-order chi connectivity index (χ0) is 18.3. The van der Waals surface area contributed by atoms with Crippen LogP contribution in [0, 0.1) is 5.92 Å². The van der Waals surface area contributed by atoms with E-state index in [0.29, 0.717) is 10.6 Å². The van der Waals surface area contributed by atoms with Crippen molar-refractivity contribution in [1.82, 2.24) is 5.32 Å². The molecule has 142 valence electrons. The monoisotopic (exact) mass is 415 g/mol. The molecule has 4 N–H and O–H groups in total. The van der Waals surface area contributed by atoms with Crippen LogP contribution in [0.4, 0.5) is 14.5 Å². The van der Waals surface area contributed by atoms with Gasteiger partial charge in [0.2, 0.25) is 18.2 Å². The van der Waals surface area contributed by atoms with Gasteiger partial charge in [0.25, 0.3) is 0 Å². The van der Waals surface area contributed by atoms with Gasteiger partial charge in [0, 0.05) is 4.90 Å². The van der Waals surface area contributed by atoms with Crippen LogP contribution < -0.4 is 16.4 Å². The second kappa shape index (κ2) is 11.5. The summed E-state index contributed by atoms with van der Waals surface area (Å²) in [6.07, 6.45) is -2.49. The fourth-order valence-electron chi connectivity index (χ4n) is 1.68. The van der Waals surface area contributed by atoms with Crippen molar-refractivity contribution in [2.45, 2.75) is 31.2 Å². The minimum Gasteiger partial charge on any atom is -0.346 e. The number of alkyl halides is 2. The lowest BCUT2D eigenvalue weighted by Gasteiger charge is -2.16. The highest BCUT2D eigenvalue weighted by Crippen LogP contribution is 2.35. The second-order valence-electron chi connectivity index (χ2n) is 5.35. The maximum Gasteiger partial charge on any atom is 0.247 e. The van der Waals surface area contributed by atoms with Gasteiger partial charge in [0.05, 0.1) is 29.0 Å². The number of hydrogen-bond donors (Lipinski definition) is 3. The largest absolute Gasteiger partial charge is 0.346 e. The molecule has 0 fully saturated rings. The number of nitrogens with two attached hydrogens (primary N) is 1. The summed E-state index contributed by atoms with van der Waals surface area (Å²) >= 11 is 6.85. The molecule has 0 aliphatic rings. The van der Waals surface area contributed by atoms with Crippen LogP contribution >= 0.6 is 35.8 Å². The minimum absolute atomic E-state index is 0. The molecule has 1 aromatic rings. The van der Waals surface area contributed by atoms with E-state index in [1.54, 1.807) is 32.0 Å². The number of rotatable bonds is 8. The van der Waals surface area contributed by atoms with Crippen LogP contribution in [0.1, 0.15) is 13.8 Å². The summed E-state index contributed by atoms with van der Waals surface area (Å²) in [5, 5.41) is 5.25. The Labute approximate surface area is 160 Å². The predicted molar refractivity (Wildman–Crippen MR) is 99.9 cm³/mol. The number of benzene rings is 1. The van der Waals surface area contributed by atoms with Gasteiger partial charge in [-0.1, -0.05) is 31.5 Å². The number of amides is 2. The van der Waals surface area contributed by atoms with E-state index in [9.17, 15) is 18.4 Å². The molecule has 1 atom stereocenters. The average molecular weight is 416 g/mol. The Balaban J connectivity index is 0.00000576. The molecule has 0 bridgehead atoms. The molecule has 0 aromatic heterocycles. The van der Waals surface area contributed by atoms with Gasteiger partial charge in [-0.05, 0) is 18.1 Å². The number of thioether (sulfide) groups is 1. The maximum atomic E-state index is 12.4. The number of anilines is 1. The third-order valence-electron chi connectivity index (χ3n) is 3.04. The van der Waals surface area contributed by atoms with Crippen molar-refractivity contribution < 1.29 is 18.4 Å². The van der Waals surface area contributed by atoms with Gasteiger partial charge in [-0.15, -0.1) is 24.2 Å². The third-order valence-corrected chi connectivity index (χ3v) is 4.61. The van der Waals surface area contributed by atoms with Crippen molar-refractivity contribution in [3.63, 3.8) is 0 Å². The summed E-state index contributed by atoms with van der Waals surface area (Å²) in [5.41, 5.74) is 6.00. The van der Waals surface area contributed by atoms with Gasteiger partial charge in [0.1, 0.15) is 0 Å². The van der Waals surface area contributed by atoms with Crippen molar-refractivity contribution in [2.24, 2.45) is 11.7 Å². The number of carbonyl (C=O) groups is 2. The van der Waals surface area contributed by atoms with E-state index in [2.05, 4.69) is 10.6 Å². The third kappa shape index (κ3) is 8.22. The quantitative estimate of drug-likeness (QED) is 0.569. The zero-order valence-corrected chi connectivity index (χ0v) is 16.1. The first-order valence-electron chi connectivity index (χ1n) is 7.25.